The van der Waals surface area contributed by atoms with E-state index in [4.69, 9.17) is 53.0 Å². The zero-order valence-corrected chi connectivity index (χ0v) is 68.1. The third kappa shape index (κ3) is 15.3. The summed E-state index contributed by atoms with van der Waals surface area (Å²) in [7, 11) is 0. The van der Waals surface area contributed by atoms with E-state index in [-0.39, 0.29) is 116 Å². The summed E-state index contributed by atoms with van der Waals surface area (Å²) in [6.45, 7) is 9.73. The van der Waals surface area contributed by atoms with Gasteiger partial charge in [-0.05, 0) is 274 Å². The Labute approximate surface area is 705 Å². The van der Waals surface area contributed by atoms with Crippen molar-refractivity contribution in [2.45, 2.75) is 151 Å². The Bertz CT molecular complexity index is 5290. The lowest BCUT2D eigenvalue weighted by molar-refractivity contribution is -0.137. The van der Waals surface area contributed by atoms with Crippen LogP contribution >= 0.6 is 60.0 Å². The molecular formula is C84H83Cl3F3N17O9S2. The van der Waals surface area contributed by atoms with Crippen molar-refractivity contribution in [2.75, 3.05) is 89.9 Å². The van der Waals surface area contributed by atoms with Crippen LogP contribution in [0.5, 0.6) is 0 Å². The molecular weight excluding hydrogens is 1620 g/mol. The molecule has 18 rings (SSSR count). The molecule has 10 fully saturated rings. The maximum Gasteiger partial charge on any atom is 0.262 e. The molecule has 2 saturated carbocycles. The van der Waals surface area contributed by atoms with E-state index < -0.39 is 76.2 Å². The molecule has 4 N–H and O–H groups in total. The molecule has 10 aliphatic heterocycles. The van der Waals surface area contributed by atoms with E-state index in [1.54, 1.807) is 34.1 Å². The molecule has 9 amide bonds. The lowest BCUT2D eigenvalue weighted by atomic mass is 9.75. The highest BCUT2D eigenvalue weighted by Gasteiger charge is 2.61. The molecule has 118 heavy (non-hydrogen) atoms. The summed E-state index contributed by atoms with van der Waals surface area (Å²) in [6.07, 6.45) is 15.8. The zero-order valence-electron chi connectivity index (χ0n) is 64.1. The molecule has 4 aromatic carbocycles. The van der Waals surface area contributed by atoms with Gasteiger partial charge < -0.3 is 29.8 Å². The Morgan fingerprint density at radius 1 is 0.500 bits per heavy atom. The van der Waals surface area contributed by atoms with Gasteiger partial charge in [0.05, 0.1) is 56.1 Å². The number of imide groups is 4. The summed E-state index contributed by atoms with van der Waals surface area (Å²) in [5.41, 5.74) is 3.70. The van der Waals surface area contributed by atoms with E-state index in [9.17, 15) is 58.1 Å². The van der Waals surface area contributed by atoms with Crippen LogP contribution in [0, 0.1) is 57.4 Å². The molecule has 0 radical (unpaired) electrons. The fourth-order valence-electron chi connectivity index (χ4n) is 18.8. The van der Waals surface area contributed by atoms with E-state index >= 15 is 8.78 Å². The van der Waals surface area contributed by atoms with Gasteiger partial charge in [0.1, 0.15) is 58.6 Å². The maximum atomic E-state index is 16.0. The topological polar surface area (TPSA) is 316 Å². The fraction of sp³-hybridized carbons (Fsp3) is 0.429. The van der Waals surface area contributed by atoms with Crippen molar-refractivity contribution in [1.82, 2.24) is 45.5 Å². The summed E-state index contributed by atoms with van der Waals surface area (Å²) in [6, 6.07) is 24.3. The number of pyridine rings is 2. The highest BCUT2D eigenvalue weighted by Crippen LogP contribution is 2.51. The number of carbonyl (C=O) groups excluding carboxylic acids is 9. The number of nitriles is 2. The number of amides is 9. The Morgan fingerprint density at radius 2 is 0.932 bits per heavy atom. The van der Waals surface area contributed by atoms with Crippen LogP contribution in [-0.4, -0.2) is 187 Å². The first-order valence-electron chi connectivity index (χ1n) is 39.8. The summed E-state index contributed by atoms with van der Waals surface area (Å²) < 4.78 is 44.9. The molecule has 0 bridgehead atoms. The number of benzene rings is 4. The van der Waals surface area contributed by atoms with Crippen LogP contribution in [0.4, 0.5) is 41.6 Å². The Morgan fingerprint density at radius 3 is 1.38 bits per heavy atom. The number of rotatable bonds is 13. The first-order chi connectivity index (χ1) is 56.4. The van der Waals surface area contributed by atoms with Crippen LogP contribution in [0.2, 0.25) is 10.0 Å². The molecule has 26 nitrogen and oxygen atoms in total. The number of likely N-dealkylation sites (tertiary alicyclic amines) is 2. The molecule has 34 heteroatoms. The predicted molar refractivity (Wildman–Crippen MR) is 443 cm³/mol. The van der Waals surface area contributed by atoms with Gasteiger partial charge in [-0.2, -0.15) is 10.5 Å². The molecule has 12 aliphatic rings. The van der Waals surface area contributed by atoms with Crippen LogP contribution in [-0.2, 0) is 24.0 Å². The largest absolute Gasteiger partial charge is 0.371 e. The minimum absolute atomic E-state index is 0. The van der Waals surface area contributed by atoms with Crippen molar-refractivity contribution in [1.29, 1.82) is 15.9 Å². The summed E-state index contributed by atoms with van der Waals surface area (Å²) in [4.78, 5) is 136. The predicted octanol–water partition coefficient (Wildman–Crippen LogP) is 11.4. The highest BCUT2D eigenvalue weighted by atomic mass is 35.5. The Kier molecular flexibility index (Phi) is 23.8. The second-order valence-corrected chi connectivity index (χ2v) is 33.6. The van der Waals surface area contributed by atoms with Crippen LogP contribution < -0.4 is 40.4 Å². The zero-order chi connectivity index (χ0) is 82.0. The van der Waals surface area contributed by atoms with Crippen molar-refractivity contribution in [3.8, 4) is 12.1 Å². The number of hydrogen-bond donors (Lipinski definition) is 4. The average Bonchev–Trinajstić information content (AvgIpc) is 1.56. The van der Waals surface area contributed by atoms with Crippen LogP contribution in [0.1, 0.15) is 191 Å². The van der Waals surface area contributed by atoms with E-state index in [0.717, 1.165) is 169 Å². The van der Waals surface area contributed by atoms with Gasteiger partial charge in [-0.15, -0.1) is 12.4 Å². The normalized spacial score (nSPS) is 22.3. The van der Waals surface area contributed by atoms with E-state index in [2.05, 4.69) is 40.6 Å². The number of thiocarbonyl (C=S) groups is 2. The SMILES string of the molecule is Cl.N#Cc1ncc(N2C(=N)C3(CCC3)N(c3ccc(C4CCN(CC5CCNCC5)CC4)c(F)c3)C2=S)cc1Cl.N#Cc1ncc(N2C(=O)C3(CCC3)N(c3ccc(C4CCN(CC5CCN(c6ccc7c(c6)C(=O)N(C6CCC(=O)NC6=O)C7=O)CC5)CC4)c(F)c3)C2=S)cc1Cl.O=C1CCC(N2C(=O)c3ccc(F)cc3C2=O)C(=O)N1. The van der Waals surface area contributed by atoms with Gasteiger partial charge in [-0.1, -0.05) is 35.3 Å². The number of piperidine rings is 6. The second kappa shape index (κ2) is 33.9. The van der Waals surface area contributed by atoms with Crippen molar-refractivity contribution >= 4 is 158 Å². The lowest BCUT2D eigenvalue weighted by Crippen LogP contribution is -2.55. The minimum Gasteiger partial charge on any atom is -0.371 e. The fourth-order valence-corrected chi connectivity index (χ4v) is 20.2. The smallest absolute Gasteiger partial charge is 0.262 e. The number of carbonyl (C=O) groups is 9. The number of nitrogens with zero attached hydrogens (tertiary/aromatic N) is 13. The highest BCUT2D eigenvalue weighted by molar-refractivity contribution is 7.81. The van der Waals surface area contributed by atoms with Crippen molar-refractivity contribution in [3.05, 3.63) is 170 Å². The van der Waals surface area contributed by atoms with Gasteiger partial charge in [0.15, 0.2) is 21.6 Å². The summed E-state index contributed by atoms with van der Waals surface area (Å²) >= 11 is 24.2. The standard InChI is InChI=1S/C42H40ClFN8O5S.C29H33ClFN7S.C13H9FN2O4.ClH/c43-32-19-28(22-46-34(32)21-45)50-40(57)42(12-1-13-42)52(41(50)58)27-3-4-29(33(44)20-27)25-10-14-48(15-11-25)23-24-8-16-49(17-9-24)26-2-5-30-31(18-26)39(56)51(38(30)55)35-6-7-36(53)47-37(35)54;30-24-14-22(17-35-26(24)16-32)37-27(33)29(8-1-9-29)38(28(37)39)21-2-3-23(25(31)15-21)20-6-12-36(13-7-20)18-19-4-10-34-11-5-19;14-6-1-2-7-8(5-6)13(20)16(12(7)19)9-3-4-10(17)15-11(9)18;/h2-5,18-20,22,24-25,35H,1,6-17,23H2,(H,47,53,54);2-3,14-15,17,19-20,33-34H,1,4-13,18H2;1-2,5,9H,3-4H2,(H,15,17,18);1H. The number of anilines is 5. The van der Waals surface area contributed by atoms with Gasteiger partial charge in [0.2, 0.25) is 23.6 Å². The first kappa shape index (κ1) is 82.9. The minimum atomic E-state index is -1.02. The van der Waals surface area contributed by atoms with Crippen molar-refractivity contribution in [3.63, 3.8) is 0 Å². The van der Waals surface area contributed by atoms with Gasteiger partial charge >= 0.3 is 0 Å². The quantitative estimate of drug-likeness (QED) is 0.0616. The van der Waals surface area contributed by atoms with Gasteiger partial charge in [-0.25, -0.2) is 23.1 Å². The lowest BCUT2D eigenvalue weighted by Gasteiger charge is -2.44. The monoisotopic (exact) mass is 1700 g/mol. The molecule has 2 aromatic heterocycles. The second-order valence-electron chi connectivity index (χ2n) is 32.1. The third-order valence-electron chi connectivity index (χ3n) is 25.5. The van der Waals surface area contributed by atoms with Crippen LogP contribution in [0.3, 0.4) is 0 Å². The Hall–Kier alpha value is -10.2. The third-order valence-corrected chi connectivity index (χ3v) is 26.8. The van der Waals surface area contributed by atoms with Gasteiger partial charge in [0, 0.05) is 56.1 Å². The van der Waals surface area contributed by atoms with E-state index in [1.807, 2.05) is 47.4 Å². The number of aromatic nitrogens is 2. The summed E-state index contributed by atoms with van der Waals surface area (Å²) in [5.74, 6) is -3.96. The number of amidine groups is 1. The van der Waals surface area contributed by atoms with Crippen molar-refractivity contribution in [2.24, 2.45) is 11.8 Å². The number of fused-ring (bicyclic) bond motifs is 2. The molecule has 12 heterocycles. The Balaban J connectivity index is 0.000000155. The molecule has 6 aromatic rings. The first-order valence-corrected chi connectivity index (χ1v) is 41.3. The molecule has 2 atom stereocenters. The molecule has 612 valence electrons. The van der Waals surface area contributed by atoms with Crippen molar-refractivity contribution < 1.29 is 56.3 Å². The van der Waals surface area contributed by atoms with Gasteiger partial charge in [-0.3, -0.25) is 78.8 Å². The van der Waals surface area contributed by atoms with Crippen LogP contribution in [0.15, 0.2) is 97.3 Å². The number of hydrogen-bond acceptors (Lipinski definition) is 20. The molecule has 8 saturated heterocycles. The van der Waals surface area contributed by atoms with E-state index in [1.165, 1.54) is 48.3 Å². The number of nitrogens with one attached hydrogen (secondary N) is 4. The van der Waals surface area contributed by atoms with E-state index in [0.29, 0.717) is 58.0 Å². The maximum absolute atomic E-state index is 16.0. The summed E-state index contributed by atoms with van der Waals surface area (Å²) in [5, 5.41) is 36.2. The molecule has 2 spiro atoms. The van der Waals surface area contributed by atoms with Crippen LogP contribution in [0.25, 0.3) is 0 Å². The molecule has 2 unspecified atom stereocenters. The number of halogens is 6. The molecule has 2 aliphatic carbocycles. The van der Waals surface area contributed by atoms with Gasteiger partial charge in [0.25, 0.3) is 29.5 Å². The average molecular weight is 1700 g/mol.